The fourth-order valence-corrected chi connectivity index (χ4v) is 3.75. The summed E-state index contributed by atoms with van der Waals surface area (Å²) in [5.41, 5.74) is 3.40. The Morgan fingerprint density at radius 3 is 3.29 bits per heavy atom. The van der Waals surface area contributed by atoms with Crippen LogP contribution in [0, 0.1) is 0 Å². The first-order valence-corrected chi connectivity index (χ1v) is 7.54. The topological polar surface area (TPSA) is 53.5 Å². The van der Waals surface area contributed by atoms with Gasteiger partial charge in [-0.15, -0.1) is 0 Å². The molecule has 6 nitrogen and oxygen atoms in total. The lowest BCUT2D eigenvalue weighted by molar-refractivity contribution is 0.289. The van der Waals surface area contributed by atoms with Gasteiger partial charge in [0.2, 0.25) is 5.88 Å². The number of piperazine rings is 1. The zero-order valence-electron chi connectivity index (χ0n) is 11.7. The number of ether oxygens (including phenoxy) is 1. The van der Waals surface area contributed by atoms with Crippen LogP contribution in [0.2, 0.25) is 0 Å². The predicted octanol–water partition coefficient (Wildman–Crippen LogP) is 0.620. The lowest BCUT2D eigenvalue weighted by Gasteiger charge is -2.48. The molecule has 0 spiro atoms. The molecule has 2 aromatic heterocycles. The molecule has 1 fully saturated rings. The van der Waals surface area contributed by atoms with Crippen molar-refractivity contribution in [2.24, 2.45) is 0 Å². The van der Waals surface area contributed by atoms with Crippen LogP contribution in [0.3, 0.4) is 0 Å². The zero-order valence-corrected chi connectivity index (χ0v) is 11.7. The number of nitrogens with one attached hydrogen (secondary N) is 1. The summed E-state index contributed by atoms with van der Waals surface area (Å²) in [4.78, 5) is 14.0. The maximum absolute atomic E-state index is 5.84. The number of hydrogen-bond donors (Lipinski definition) is 1. The van der Waals surface area contributed by atoms with E-state index in [1.165, 1.54) is 11.4 Å². The van der Waals surface area contributed by atoms with Crippen LogP contribution < -0.4 is 19.9 Å². The second-order valence-corrected chi connectivity index (χ2v) is 5.85. The minimum atomic E-state index is 0.517. The summed E-state index contributed by atoms with van der Waals surface area (Å²) in [7, 11) is 0. The van der Waals surface area contributed by atoms with Crippen LogP contribution in [0.4, 0.5) is 11.4 Å². The molecule has 3 aliphatic rings. The van der Waals surface area contributed by atoms with Crippen molar-refractivity contribution >= 4 is 22.3 Å². The second-order valence-electron chi connectivity index (χ2n) is 5.85. The van der Waals surface area contributed by atoms with Crippen LogP contribution in [0.5, 0.6) is 5.88 Å². The monoisotopic (exact) mass is 283 g/mol. The van der Waals surface area contributed by atoms with Gasteiger partial charge in [-0.2, -0.15) is 0 Å². The highest BCUT2D eigenvalue weighted by atomic mass is 16.5. The van der Waals surface area contributed by atoms with Gasteiger partial charge >= 0.3 is 0 Å². The van der Waals surface area contributed by atoms with Gasteiger partial charge in [0.05, 0.1) is 23.8 Å². The third-order valence-electron chi connectivity index (χ3n) is 4.69. The standard InChI is InChI=1S/C15H17N5O/c1-2-16-8-11-12(1)18-15-14-13(11)20-4-3-17-7-10(20)9-19(14)5-6-21-15/h1-2,8,10,17H,3-7,9H2. The van der Waals surface area contributed by atoms with E-state index in [2.05, 4.69) is 20.1 Å². The molecule has 5 rings (SSSR count). The molecule has 5 heterocycles. The minimum absolute atomic E-state index is 0.517. The lowest BCUT2D eigenvalue weighted by Crippen LogP contribution is -2.60. The van der Waals surface area contributed by atoms with E-state index in [0.717, 1.165) is 56.1 Å². The van der Waals surface area contributed by atoms with Crippen LogP contribution >= 0.6 is 0 Å². The van der Waals surface area contributed by atoms with Gasteiger partial charge in [0.15, 0.2) is 0 Å². The number of aromatic nitrogens is 2. The number of anilines is 2. The summed E-state index contributed by atoms with van der Waals surface area (Å²) in [6.45, 7) is 5.79. The number of rotatable bonds is 0. The van der Waals surface area contributed by atoms with Crippen molar-refractivity contribution < 1.29 is 4.74 Å². The molecular formula is C15H17N5O. The van der Waals surface area contributed by atoms with Crippen molar-refractivity contribution in [1.29, 1.82) is 0 Å². The Hall–Kier alpha value is -2.08. The number of nitrogens with zero attached hydrogens (tertiary/aromatic N) is 4. The third kappa shape index (κ3) is 1.56. The van der Waals surface area contributed by atoms with Crippen molar-refractivity contribution in [2.75, 3.05) is 49.1 Å². The number of fused-ring (bicyclic) bond motifs is 4. The molecule has 2 aromatic rings. The summed E-state index contributed by atoms with van der Waals surface area (Å²) < 4.78 is 5.84. The first kappa shape index (κ1) is 11.6. The lowest BCUT2D eigenvalue weighted by atomic mass is 10.0. The maximum atomic E-state index is 5.84. The Labute approximate surface area is 122 Å². The molecular weight excluding hydrogens is 266 g/mol. The van der Waals surface area contributed by atoms with E-state index >= 15 is 0 Å². The average molecular weight is 283 g/mol. The van der Waals surface area contributed by atoms with E-state index in [9.17, 15) is 0 Å². The molecule has 0 aromatic carbocycles. The highest BCUT2D eigenvalue weighted by Crippen LogP contribution is 2.47. The van der Waals surface area contributed by atoms with Crippen LogP contribution in [0.15, 0.2) is 18.5 Å². The van der Waals surface area contributed by atoms with Crippen molar-refractivity contribution in [3.05, 3.63) is 18.5 Å². The van der Waals surface area contributed by atoms with Gasteiger partial charge in [-0.05, 0) is 6.07 Å². The Morgan fingerprint density at radius 1 is 1.29 bits per heavy atom. The van der Waals surface area contributed by atoms with Gasteiger partial charge in [0.25, 0.3) is 0 Å². The number of pyridine rings is 2. The SMILES string of the molecule is c1cc2nc3c4c(c2cn1)N1CCNCC1CN4CCO3. The largest absolute Gasteiger partial charge is 0.474 e. The van der Waals surface area contributed by atoms with Gasteiger partial charge in [0, 0.05) is 44.0 Å². The molecule has 1 unspecified atom stereocenters. The fraction of sp³-hybridized carbons (Fsp3) is 0.467. The normalized spacial score (nSPS) is 23.5. The average Bonchev–Trinajstić information content (AvgIpc) is 2.54. The van der Waals surface area contributed by atoms with Gasteiger partial charge in [-0.3, -0.25) is 4.98 Å². The van der Waals surface area contributed by atoms with Crippen molar-refractivity contribution in [2.45, 2.75) is 6.04 Å². The number of hydrogen-bond acceptors (Lipinski definition) is 6. The first-order valence-electron chi connectivity index (χ1n) is 7.54. The van der Waals surface area contributed by atoms with Crippen LogP contribution in [-0.2, 0) is 0 Å². The minimum Gasteiger partial charge on any atom is -0.474 e. The highest BCUT2D eigenvalue weighted by molar-refractivity contribution is 6.01. The maximum Gasteiger partial charge on any atom is 0.240 e. The Balaban J connectivity index is 1.83. The van der Waals surface area contributed by atoms with Gasteiger partial charge in [-0.25, -0.2) is 4.98 Å². The summed E-state index contributed by atoms with van der Waals surface area (Å²) in [6.07, 6.45) is 3.74. The molecule has 3 aliphatic heterocycles. The second kappa shape index (κ2) is 4.21. The Bertz CT molecular complexity index is 719. The van der Waals surface area contributed by atoms with Crippen molar-refractivity contribution in [1.82, 2.24) is 15.3 Å². The van der Waals surface area contributed by atoms with Crippen molar-refractivity contribution in [3.8, 4) is 5.88 Å². The van der Waals surface area contributed by atoms with Gasteiger partial charge < -0.3 is 19.9 Å². The van der Waals surface area contributed by atoms with E-state index in [1.54, 1.807) is 6.20 Å². The van der Waals surface area contributed by atoms with E-state index in [-0.39, 0.29) is 0 Å². The Kier molecular flexibility index (Phi) is 2.32. The molecule has 0 saturated carbocycles. The van der Waals surface area contributed by atoms with Gasteiger partial charge in [0.1, 0.15) is 12.3 Å². The van der Waals surface area contributed by atoms with E-state index < -0.39 is 0 Å². The van der Waals surface area contributed by atoms with E-state index in [4.69, 9.17) is 9.72 Å². The van der Waals surface area contributed by atoms with Crippen molar-refractivity contribution in [3.63, 3.8) is 0 Å². The van der Waals surface area contributed by atoms with Crippen LogP contribution in [0.25, 0.3) is 10.9 Å². The molecule has 1 N–H and O–H groups in total. The summed E-state index contributed by atoms with van der Waals surface area (Å²) >= 11 is 0. The molecule has 0 radical (unpaired) electrons. The molecule has 1 saturated heterocycles. The quantitative estimate of drug-likeness (QED) is 0.765. The highest BCUT2D eigenvalue weighted by Gasteiger charge is 2.38. The molecule has 108 valence electrons. The van der Waals surface area contributed by atoms with Gasteiger partial charge in [-0.1, -0.05) is 0 Å². The predicted molar refractivity (Wildman–Crippen MR) is 81.2 cm³/mol. The molecule has 1 atom stereocenters. The Morgan fingerprint density at radius 2 is 2.29 bits per heavy atom. The van der Waals surface area contributed by atoms with Crippen LogP contribution in [0.1, 0.15) is 0 Å². The van der Waals surface area contributed by atoms with E-state index in [0.29, 0.717) is 6.04 Å². The van der Waals surface area contributed by atoms with E-state index in [1.807, 2.05) is 12.3 Å². The smallest absolute Gasteiger partial charge is 0.240 e. The van der Waals surface area contributed by atoms with Crippen LogP contribution in [-0.4, -0.2) is 55.3 Å². The summed E-state index contributed by atoms with van der Waals surface area (Å²) in [5, 5.41) is 4.65. The summed E-state index contributed by atoms with van der Waals surface area (Å²) in [6, 6.07) is 2.49. The zero-order chi connectivity index (χ0) is 13.8. The molecule has 0 amide bonds. The third-order valence-corrected chi connectivity index (χ3v) is 4.69. The first-order chi connectivity index (χ1) is 10.4. The molecule has 21 heavy (non-hydrogen) atoms. The fourth-order valence-electron chi connectivity index (χ4n) is 3.75. The molecule has 6 heteroatoms. The molecule has 0 aliphatic carbocycles. The molecule has 0 bridgehead atoms. The summed E-state index contributed by atoms with van der Waals surface area (Å²) in [5.74, 6) is 0.784.